The Bertz CT molecular complexity index is 432. The lowest BCUT2D eigenvalue weighted by molar-refractivity contribution is 0.0688. The highest BCUT2D eigenvalue weighted by Crippen LogP contribution is 2.16. The average molecular weight is 255 g/mol. The minimum atomic E-state index is -1.25. The zero-order valence-corrected chi connectivity index (χ0v) is 9.97. The highest BCUT2D eigenvalue weighted by atomic mass is 16.5. The van der Waals surface area contributed by atoms with Crippen LogP contribution in [0.1, 0.15) is 32.1 Å². The van der Waals surface area contributed by atoms with Crippen molar-refractivity contribution < 1.29 is 29.3 Å². The Morgan fingerprint density at radius 3 is 1.72 bits per heavy atom. The van der Waals surface area contributed by atoms with Crippen LogP contribution in [0.5, 0.6) is 0 Å². The monoisotopic (exact) mass is 255 g/mol. The molecule has 0 spiro atoms. The van der Waals surface area contributed by atoms with Gasteiger partial charge in [-0.2, -0.15) is 0 Å². The Balaban J connectivity index is 3.39. The standard InChI is InChI=1S/C11H13NO6/c1-17-4-8-6(10(13)14)3-7(11(15)16)9(12-8)5-18-2/h3H,4-5H2,1-2H3,(H,13,14)(H,15,16). The second-order valence-electron chi connectivity index (χ2n) is 3.45. The number of methoxy groups -OCH3 is 2. The number of carbonyl (C=O) groups is 2. The summed E-state index contributed by atoms with van der Waals surface area (Å²) in [6.45, 7) is -0.0313. The third kappa shape index (κ3) is 3.02. The summed E-state index contributed by atoms with van der Waals surface area (Å²) in [5, 5.41) is 18.0. The van der Waals surface area contributed by atoms with E-state index in [-0.39, 0.29) is 35.7 Å². The second kappa shape index (κ2) is 6.08. The molecular weight excluding hydrogens is 242 g/mol. The van der Waals surface area contributed by atoms with Crippen molar-refractivity contribution in [2.45, 2.75) is 13.2 Å². The van der Waals surface area contributed by atoms with Crippen LogP contribution in [0.25, 0.3) is 0 Å². The van der Waals surface area contributed by atoms with E-state index in [0.717, 1.165) is 6.07 Å². The zero-order chi connectivity index (χ0) is 13.7. The number of carboxylic acid groups (broad SMARTS) is 2. The van der Waals surface area contributed by atoms with Gasteiger partial charge in [-0.3, -0.25) is 4.98 Å². The molecule has 0 unspecified atom stereocenters. The van der Waals surface area contributed by atoms with Gasteiger partial charge in [0.05, 0.1) is 35.7 Å². The van der Waals surface area contributed by atoms with E-state index in [1.54, 1.807) is 0 Å². The van der Waals surface area contributed by atoms with Crippen molar-refractivity contribution in [3.8, 4) is 0 Å². The summed E-state index contributed by atoms with van der Waals surface area (Å²) in [5.74, 6) is -2.50. The Morgan fingerprint density at radius 1 is 1.06 bits per heavy atom. The Labute approximate surface area is 103 Å². The molecular formula is C11H13NO6. The second-order valence-corrected chi connectivity index (χ2v) is 3.45. The first-order valence-corrected chi connectivity index (χ1v) is 4.98. The molecule has 7 nitrogen and oxygen atoms in total. The van der Waals surface area contributed by atoms with Crippen LogP contribution >= 0.6 is 0 Å². The summed E-state index contributed by atoms with van der Waals surface area (Å²) < 4.78 is 9.68. The van der Waals surface area contributed by atoms with Crippen molar-refractivity contribution in [1.82, 2.24) is 4.98 Å². The Morgan fingerprint density at radius 2 is 1.44 bits per heavy atom. The van der Waals surface area contributed by atoms with Gasteiger partial charge in [0.2, 0.25) is 0 Å². The largest absolute Gasteiger partial charge is 0.478 e. The van der Waals surface area contributed by atoms with Gasteiger partial charge < -0.3 is 19.7 Å². The fourth-order valence-corrected chi connectivity index (χ4v) is 1.46. The fraction of sp³-hybridized carbons (Fsp3) is 0.364. The van der Waals surface area contributed by atoms with Gasteiger partial charge in [0, 0.05) is 14.2 Å². The third-order valence-electron chi connectivity index (χ3n) is 2.20. The molecule has 0 aromatic carbocycles. The van der Waals surface area contributed by atoms with Crippen LogP contribution in [0.4, 0.5) is 0 Å². The molecule has 1 aromatic heterocycles. The van der Waals surface area contributed by atoms with Crippen molar-refractivity contribution in [1.29, 1.82) is 0 Å². The van der Waals surface area contributed by atoms with Gasteiger partial charge in [-0.05, 0) is 6.07 Å². The van der Waals surface area contributed by atoms with E-state index in [0.29, 0.717) is 0 Å². The average Bonchev–Trinajstić information content (AvgIpc) is 2.29. The molecule has 0 fully saturated rings. The molecule has 0 aliphatic rings. The third-order valence-corrected chi connectivity index (χ3v) is 2.20. The number of nitrogens with zero attached hydrogens (tertiary/aromatic N) is 1. The van der Waals surface area contributed by atoms with Gasteiger partial charge in [0.25, 0.3) is 0 Å². The first-order chi connectivity index (χ1) is 8.51. The summed E-state index contributed by atoms with van der Waals surface area (Å²) in [7, 11) is 2.79. The SMILES string of the molecule is COCc1nc(COC)c(C(=O)O)cc1C(=O)O. The minimum Gasteiger partial charge on any atom is -0.478 e. The highest BCUT2D eigenvalue weighted by Gasteiger charge is 2.20. The van der Waals surface area contributed by atoms with Gasteiger partial charge >= 0.3 is 11.9 Å². The van der Waals surface area contributed by atoms with E-state index in [2.05, 4.69) is 4.98 Å². The molecule has 0 aliphatic carbocycles. The molecule has 0 radical (unpaired) electrons. The number of rotatable bonds is 6. The summed E-state index contributed by atoms with van der Waals surface area (Å²) in [4.78, 5) is 26.0. The van der Waals surface area contributed by atoms with Crippen LogP contribution in [0.15, 0.2) is 6.07 Å². The van der Waals surface area contributed by atoms with Gasteiger partial charge in [0.1, 0.15) is 0 Å². The van der Waals surface area contributed by atoms with Crippen molar-refractivity contribution in [3.63, 3.8) is 0 Å². The van der Waals surface area contributed by atoms with Crippen LogP contribution in [-0.4, -0.2) is 41.4 Å². The molecule has 0 bridgehead atoms. The van der Waals surface area contributed by atoms with Gasteiger partial charge in [-0.15, -0.1) is 0 Å². The summed E-state index contributed by atoms with van der Waals surface area (Å²) >= 11 is 0. The van der Waals surface area contributed by atoms with Crippen LogP contribution in [0.2, 0.25) is 0 Å². The number of hydrogen-bond donors (Lipinski definition) is 2. The predicted molar refractivity (Wildman–Crippen MR) is 59.6 cm³/mol. The molecule has 0 aliphatic heterocycles. The van der Waals surface area contributed by atoms with Crippen molar-refractivity contribution in [2.75, 3.05) is 14.2 Å². The molecule has 18 heavy (non-hydrogen) atoms. The normalized spacial score (nSPS) is 10.3. The Kier molecular flexibility index (Phi) is 4.75. The lowest BCUT2D eigenvalue weighted by atomic mass is 10.1. The lowest BCUT2D eigenvalue weighted by Gasteiger charge is -2.10. The molecule has 2 N–H and O–H groups in total. The number of aromatic carboxylic acids is 2. The topological polar surface area (TPSA) is 106 Å². The molecule has 1 heterocycles. The number of carboxylic acids is 2. The first kappa shape index (κ1) is 14.1. The number of hydrogen-bond acceptors (Lipinski definition) is 5. The maximum absolute atomic E-state index is 11.0. The molecule has 0 atom stereocenters. The predicted octanol–water partition coefficient (Wildman–Crippen LogP) is 0.771. The number of pyridine rings is 1. The van der Waals surface area contributed by atoms with Crippen molar-refractivity contribution in [3.05, 3.63) is 28.6 Å². The van der Waals surface area contributed by atoms with Crippen LogP contribution in [-0.2, 0) is 22.7 Å². The number of aromatic nitrogens is 1. The van der Waals surface area contributed by atoms with Crippen LogP contribution < -0.4 is 0 Å². The van der Waals surface area contributed by atoms with E-state index in [1.165, 1.54) is 14.2 Å². The molecule has 7 heteroatoms. The Hall–Kier alpha value is -1.99. The van der Waals surface area contributed by atoms with E-state index in [9.17, 15) is 9.59 Å². The summed E-state index contributed by atoms with van der Waals surface area (Å²) in [6.07, 6.45) is 0. The fourth-order valence-electron chi connectivity index (χ4n) is 1.46. The minimum absolute atomic E-state index is 0.0156. The first-order valence-electron chi connectivity index (χ1n) is 4.98. The van der Waals surface area contributed by atoms with Gasteiger partial charge in [0.15, 0.2) is 0 Å². The molecule has 1 rings (SSSR count). The maximum atomic E-state index is 11.0. The smallest absolute Gasteiger partial charge is 0.337 e. The van der Waals surface area contributed by atoms with E-state index in [4.69, 9.17) is 19.7 Å². The highest BCUT2D eigenvalue weighted by molar-refractivity contribution is 5.95. The maximum Gasteiger partial charge on any atom is 0.337 e. The molecule has 98 valence electrons. The molecule has 0 amide bonds. The van der Waals surface area contributed by atoms with E-state index < -0.39 is 11.9 Å². The molecule has 0 saturated heterocycles. The lowest BCUT2D eigenvalue weighted by Crippen LogP contribution is -2.14. The van der Waals surface area contributed by atoms with Gasteiger partial charge in [-0.25, -0.2) is 9.59 Å². The van der Waals surface area contributed by atoms with Crippen molar-refractivity contribution >= 4 is 11.9 Å². The van der Waals surface area contributed by atoms with Crippen molar-refractivity contribution in [2.24, 2.45) is 0 Å². The molecule has 0 saturated carbocycles. The van der Waals surface area contributed by atoms with Gasteiger partial charge in [-0.1, -0.05) is 0 Å². The van der Waals surface area contributed by atoms with E-state index >= 15 is 0 Å². The number of ether oxygens (including phenoxy) is 2. The summed E-state index contributed by atoms with van der Waals surface area (Å²) in [6, 6.07) is 1.07. The van der Waals surface area contributed by atoms with Crippen LogP contribution in [0.3, 0.4) is 0 Å². The van der Waals surface area contributed by atoms with Crippen LogP contribution in [0, 0.1) is 0 Å². The summed E-state index contributed by atoms with van der Waals surface area (Å²) in [5.41, 5.74) is -0.0349. The van der Waals surface area contributed by atoms with E-state index in [1.807, 2.05) is 0 Å². The molecule has 1 aromatic rings. The quantitative estimate of drug-likeness (QED) is 0.773. The zero-order valence-electron chi connectivity index (χ0n) is 9.97.